The molecule has 0 saturated carbocycles. The summed E-state index contributed by atoms with van der Waals surface area (Å²) in [6.45, 7) is 3.13. The Kier molecular flexibility index (Phi) is 12.5. The second-order valence-electron chi connectivity index (χ2n) is 0.675. The fourth-order valence-electron chi connectivity index (χ4n) is 0. The zero-order valence-corrected chi connectivity index (χ0v) is 7.95. The Labute approximate surface area is 79.0 Å². The summed E-state index contributed by atoms with van der Waals surface area (Å²) in [7, 11) is 0. The maximum absolute atomic E-state index is 4.99. The molecule has 0 nitrogen and oxygen atoms in total. The minimum Gasteiger partial charge on any atom is -0.0936 e. The summed E-state index contributed by atoms with van der Waals surface area (Å²) >= 11 is 24.7. The van der Waals surface area contributed by atoms with E-state index in [1.807, 2.05) is 0 Å². The van der Waals surface area contributed by atoms with Crippen LogP contribution in [-0.2, 0) is 0 Å². The molecule has 0 aliphatic rings. The van der Waals surface area contributed by atoms with E-state index in [1.165, 1.54) is 5.54 Å². The Morgan fingerprint density at radius 3 is 1.11 bits per heavy atom. The van der Waals surface area contributed by atoms with Crippen LogP contribution in [0.25, 0.3) is 0 Å². The summed E-state index contributed by atoms with van der Waals surface area (Å²) in [5.74, 6) is 0. The summed E-state index contributed by atoms with van der Waals surface area (Å²) in [6.07, 6.45) is 0. The first-order chi connectivity index (χ1) is 4.06. The van der Waals surface area contributed by atoms with E-state index in [1.54, 1.807) is 0 Å². The van der Waals surface area contributed by atoms with Gasteiger partial charge in [0.25, 0.3) is 0 Å². The third kappa shape index (κ3) is 17.6. The predicted molar refractivity (Wildman–Crippen MR) is 46.5 cm³/mol. The van der Waals surface area contributed by atoms with Crippen molar-refractivity contribution in [1.82, 2.24) is 0 Å². The largest absolute Gasteiger partial charge is 0.136 e. The van der Waals surface area contributed by atoms with E-state index in [-0.39, 0.29) is 8.98 Å². The molecule has 5 heteroatoms. The van der Waals surface area contributed by atoms with Crippen molar-refractivity contribution in [3.63, 3.8) is 0 Å². The lowest BCUT2D eigenvalue weighted by Gasteiger charge is -1.75. The molecular weight excluding hydrogens is 225 g/mol. The van der Waals surface area contributed by atoms with Crippen molar-refractivity contribution in [1.29, 1.82) is 0 Å². The van der Waals surface area contributed by atoms with E-state index in [0.717, 1.165) is 0 Å². The van der Waals surface area contributed by atoms with Crippen molar-refractivity contribution < 1.29 is 0 Å². The van der Waals surface area contributed by atoms with Crippen LogP contribution in [0.2, 0.25) is 0 Å². The van der Waals surface area contributed by atoms with Crippen LogP contribution in [0.4, 0.5) is 0 Å². The summed E-state index contributed by atoms with van der Waals surface area (Å²) in [4.78, 5) is 0. The second-order valence-corrected chi connectivity index (χ2v) is 2.88. The lowest BCUT2D eigenvalue weighted by molar-refractivity contribution is 2.25. The highest BCUT2D eigenvalue weighted by Gasteiger charge is 1.88. The van der Waals surface area contributed by atoms with Gasteiger partial charge < -0.3 is 0 Å². The van der Waals surface area contributed by atoms with E-state index in [9.17, 15) is 0 Å². The van der Waals surface area contributed by atoms with Crippen molar-refractivity contribution >= 4 is 58.0 Å². The van der Waals surface area contributed by atoms with Crippen molar-refractivity contribution in [2.45, 2.75) is 0 Å². The Balaban J connectivity index is 0. The fourth-order valence-corrected chi connectivity index (χ4v) is 0. The summed E-state index contributed by atoms with van der Waals surface area (Å²) in [5.41, 5.74) is 1.22. The molecule has 0 fully saturated rings. The molecule has 0 radical (unpaired) electrons. The molecule has 0 aromatic heterocycles. The summed E-state index contributed by atoms with van der Waals surface area (Å²) in [6, 6.07) is 0. The van der Waals surface area contributed by atoms with Crippen LogP contribution in [0.15, 0.2) is 21.1 Å². The molecule has 0 aliphatic carbocycles. The molecule has 0 unspecified atom stereocenters. The molecule has 0 heterocycles. The number of rotatable bonds is 0. The van der Waals surface area contributed by atoms with Crippen molar-refractivity contribution in [3.8, 4) is 0 Å². The van der Waals surface area contributed by atoms with Crippen LogP contribution in [0, 0.1) is 0 Å². The zero-order valence-electron chi connectivity index (χ0n) is 4.17. The number of hydrogen-bond acceptors (Lipinski definition) is 0. The summed E-state index contributed by atoms with van der Waals surface area (Å²) in [5, 5.41) is 0. The summed E-state index contributed by atoms with van der Waals surface area (Å²) < 4.78 is -0.198. The molecule has 0 spiro atoms. The van der Waals surface area contributed by atoms with E-state index in [4.69, 9.17) is 58.0 Å². The monoisotopic (exact) mass is 226 g/mol. The Morgan fingerprint density at radius 1 is 1.00 bits per heavy atom. The maximum Gasteiger partial charge on any atom is 0.136 e. The van der Waals surface area contributed by atoms with Crippen LogP contribution in [-0.4, -0.2) is 0 Å². The van der Waals surface area contributed by atoms with Gasteiger partial charge in [-0.15, -0.1) is 0 Å². The molecular formula is C4H3Cl5. The highest BCUT2D eigenvalue weighted by molar-refractivity contribution is 6.67. The molecule has 0 N–H and O–H groups in total. The van der Waals surface area contributed by atoms with Crippen LogP contribution in [0.1, 0.15) is 0 Å². The molecule has 0 aromatic carbocycles. The van der Waals surface area contributed by atoms with E-state index in [2.05, 4.69) is 6.58 Å². The van der Waals surface area contributed by atoms with Gasteiger partial charge in [-0.1, -0.05) is 64.6 Å². The van der Waals surface area contributed by atoms with Gasteiger partial charge in [0.15, 0.2) is 0 Å². The van der Waals surface area contributed by atoms with Crippen LogP contribution >= 0.6 is 58.0 Å². The van der Waals surface area contributed by atoms with Gasteiger partial charge in [0, 0.05) is 0 Å². The van der Waals surface area contributed by atoms with Crippen molar-refractivity contribution in [2.75, 3.05) is 0 Å². The van der Waals surface area contributed by atoms with Gasteiger partial charge in [-0.05, 0) is 5.54 Å². The van der Waals surface area contributed by atoms with Crippen LogP contribution < -0.4 is 0 Å². The number of halogens is 5. The topological polar surface area (TPSA) is 0 Å². The molecule has 0 amide bonds. The average molecular weight is 228 g/mol. The van der Waals surface area contributed by atoms with Crippen LogP contribution in [0.3, 0.4) is 0 Å². The van der Waals surface area contributed by atoms with Crippen molar-refractivity contribution in [3.05, 3.63) is 21.1 Å². The van der Waals surface area contributed by atoms with E-state index in [0.29, 0.717) is 0 Å². The lowest BCUT2D eigenvalue weighted by Crippen LogP contribution is -1.47. The first-order valence-electron chi connectivity index (χ1n) is 1.63. The van der Waals surface area contributed by atoms with Gasteiger partial charge in [0.2, 0.25) is 0 Å². The van der Waals surface area contributed by atoms with E-state index >= 15 is 0 Å². The van der Waals surface area contributed by atoms with Gasteiger partial charge in [-0.25, -0.2) is 0 Å². The van der Waals surface area contributed by atoms with Crippen molar-refractivity contribution in [2.24, 2.45) is 0 Å². The lowest BCUT2D eigenvalue weighted by atomic mass is 11.2. The quantitative estimate of drug-likeness (QED) is 0.575. The maximum atomic E-state index is 4.99. The number of hydrogen-bond donors (Lipinski definition) is 0. The second kappa shape index (κ2) is 8.93. The van der Waals surface area contributed by atoms with Gasteiger partial charge in [-0.3, -0.25) is 0 Å². The van der Waals surface area contributed by atoms with Gasteiger partial charge >= 0.3 is 0 Å². The van der Waals surface area contributed by atoms with Crippen LogP contribution in [0.5, 0.6) is 0 Å². The first-order valence-corrected chi connectivity index (χ1v) is 3.58. The molecule has 0 atom stereocenters. The molecule has 0 aliphatic heterocycles. The molecule has 0 saturated heterocycles. The Morgan fingerprint density at radius 2 is 1.11 bits per heavy atom. The molecule has 0 aromatic rings. The Bertz CT molecular complexity index is 87.5. The van der Waals surface area contributed by atoms with Gasteiger partial charge in [-0.2, -0.15) is 0 Å². The SMILES string of the molecule is C=CCl.ClC(Cl)=C(Cl)Cl. The third-order valence-corrected chi connectivity index (χ3v) is 1.29. The minimum atomic E-state index is -0.0988. The highest BCUT2D eigenvalue weighted by Crippen LogP contribution is 2.20. The predicted octanol–water partition coefficient (Wildman–Crippen LogP) is 4.44. The van der Waals surface area contributed by atoms with Gasteiger partial charge in [0.1, 0.15) is 8.98 Å². The molecule has 54 valence electrons. The molecule has 9 heavy (non-hydrogen) atoms. The Hall–Kier alpha value is 0.930. The fraction of sp³-hybridized carbons (Fsp3) is 0. The first kappa shape index (κ1) is 12.6. The average Bonchev–Trinajstić information content (AvgIpc) is 1.68. The van der Waals surface area contributed by atoms with Gasteiger partial charge in [0.05, 0.1) is 0 Å². The minimum absolute atomic E-state index is 0.0988. The third-order valence-electron chi connectivity index (χ3n) is 0.143. The highest BCUT2D eigenvalue weighted by atomic mass is 35.5. The zero-order chi connectivity index (χ0) is 7.86. The molecule has 0 rings (SSSR count). The molecule has 0 bridgehead atoms. The smallest absolute Gasteiger partial charge is 0.0936 e. The van der Waals surface area contributed by atoms with E-state index < -0.39 is 0 Å². The standard InChI is InChI=1S/C2Cl4.C2H3Cl/c3-1(4)2(5)6;1-2-3/h;2H,1H2. The normalized spacial score (nSPS) is 6.78.